The average molecular weight is 442 g/mol. The van der Waals surface area contributed by atoms with E-state index in [0.29, 0.717) is 6.08 Å². The second-order valence-corrected chi connectivity index (χ2v) is 7.04. The van der Waals surface area contributed by atoms with Crippen molar-refractivity contribution in [2.75, 3.05) is 11.9 Å². The van der Waals surface area contributed by atoms with Crippen LogP contribution in [0, 0.1) is 17.1 Å². The second-order valence-electron chi connectivity index (χ2n) is 6.00. The van der Waals surface area contributed by atoms with Gasteiger partial charge in [-0.05, 0) is 18.2 Å². The van der Waals surface area contributed by atoms with E-state index in [9.17, 15) is 27.3 Å². The van der Waals surface area contributed by atoms with E-state index in [-0.39, 0.29) is 40.6 Å². The van der Waals surface area contributed by atoms with E-state index in [2.05, 4.69) is 5.32 Å². The van der Waals surface area contributed by atoms with Crippen molar-refractivity contribution in [1.29, 1.82) is 5.26 Å². The maximum absolute atomic E-state index is 13.5. The van der Waals surface area contributed by atoms with E-state index in [0.717, 1.165) is 12.1 Å². The summed E-state index contributed by atoms with van der Waals surface area (Å²) in [4.78, 5) is 12.7. The summed E-state index contributed by atoms with van der Waals surface area (Å²) in [7, 11) is -0.579. The average Bonchev–Trinajstić information content (AvgIpc) is 2.99. The van der Waals surface area contributed by atoms with Crippen molar-refractivity contribution in [3.8, 4) is 11.8 Å². The highest BCUT2D eigenvalue weighted by molar-refractivity contribution is 7.82. The summed E-state index contributed by atoms with van der Waals surface area (Å²) in [5.74, 6) is -1.65. The summed E-state index contributed by atoms with van der Waals surface area (Å²) < 4.78 is 56.3. The largest absolute Gasteiger partial charge is 0.490 e. The molecule has 0 aliphatic rings. The number of ether oxygens (including phenoxy) is 1. The molecular weight excluding hydrogens is 425 g/mol. The van der Waals surface area contributed by atoms with Crippen LogP contribution in [0.4, 0.5) is 18.9 Å². The lowest BCUT2D eigenvalue weighted by Crippen LogP contribution is -2.18. The van der Waals surface area contributed by atoms with Gasteiger partial charge in [-0.25, -0.2) is 13.7 Å². The Morgan fingerprint density at radius 3 is 2.80 bits per heavy atom. The van der Waals surface area contributed by atoms with Gasteiger partial charge in [0.05, 0.1) is 18.3 Å². The summed E-state index contributed by atoms with van der Waals surface area (Å²) in [5.41, 5.74) is -0.255. The Hall–Kier alpha value is -3.14. The topological polar surface area (TPSA) is 130 Å². The molecule has 2 aromatic rings. The molecule has 0 saturated heterocycles. The molecule has 8 nitrogen and oxygen atoms in total. The third kappa shape index (κ3) is 5.69. The van der Waals surface area contributed by atoms with Gasteiger partial charge in [-0.3, -0.25) is 4.79 Å². The summed E-state index contributed by atoms with van der Waals surface area (Å²) in [5, 5.41) is 26.2. The van der Waals surface area contributed by atoms with Crippen LogP contribution in [0.25, 0.3) is 0 Å². The SMILES string of the molecule is Cn1cc(S(N)=O)c(OCCC(O)C=C(F)F)c1C(=O)Nc1ccc(F)c(C#N)c1. The number of aromatic nitrogens is 1. The molecule has 2 atom stereocenters. The lowest BCUT2D eigenvalue weighted by molar-refractivity contribution is 0.101. The fraction of sp³-hybridized carbons (Fsp3) is 0.222. The number of aliphatic hydroxyl groups is 1. The van der Waals surface area contributed by atoms with Crippen molar-refractivity contribution in [1.82, 2.24) is 4.57 Å². The molecule has 0 saturated carbocycles. The minimum Gasteiger partial charge on any atom is -0.490 e. The van der Waals surface area contributed by atoms with Gasteiger partial charge in [-0.1, -0.05) is 0 Å². The minimum absolute atomic E-state index is 0.0267. The fourth-order valence-corrected chi connectivity index (χ4v) is 3.11. The molecule has 1 aromatic carbocycles. The Morgan fingerprint density at radius 2 is 2.20 bits per heavy atom. The highest BCUT2D eigenvalue weighted by Crippen LogP contribution is 2.29. The number of nitrogens with zero attached hydrogens (tertiary/aromatic N) is 2. The Kier molecular flexibility index (Phi) is 7.76. The van der Waals surface area contributed by atoms with Gasteiger partial charge in [0.1, 0.15) is 27.8 Å². The third-order valence-electron chi connectivity index (χ3n) is 3.86. The van der Waals surface area contributed by atoms with Crippen molar-refractivity contribution in [3.63, 3.8) is 0 Å². The molecule has 160 valence electrons. The number of nitrogens with one attached hydrogen (secondary N) is 1. The number of rotatable bonds is 8. The zero-order chi connectivity index (χ0) is 22.4. The number of benzene rings is 1. The maximum atomic E-state index is 13.5. The molecular formula is C18H17F3N4O4S. The number of nitriles is 1. The van der Waals surface area contributed by atoms with Crippen LogP contribution in [-0.2, 0) is 18.0 Å². The van der Waals surface area contributed by atoms with Crippen molar-refractivity contribution < 1.29 is 32.0 Å². The summed E-state index contributed by atoms with van der Waals surface area (Å²) in [6.45, 7) is -0.283. The number of halogens is 3. The van der Waals surface area contributed by atoms with Gasteiger partial charge in [0.2, 0.25) is 0 Å². The predicted octanol–water partition coefficient (Wildman–Crippen LogP) is 2.18. The van der Waals surface area contributed by atoms with Crippen LogP contribution in [0.3, 0.4) is 0 Å². The first-order valence-corrected chi connectivity index (χ1v) is 9.55. The van der Waals surface area contributed by atoms with Crippen molar-refractivity contribution >= 4 is 22.6 Å². The first-order chi connectivity index (χ1) is 14.1. The number of hydrogen-bond acceptors (Lipinski definition) is 5. The number of hydrogen-bond donors (Lipinski definition) is 3. The molecule has 0 aliphatic heterocycles. The Balaban J connectivity index is 2.28. The normalized spacial score (nSPS) is 12.6. The molecule has 0 aliphatic carbocycles. The summed E-state index contributed by atoms with van der Waals surface area (Å²) in [6, 6.07) is 5.03. The molecule has 1 amide bonds. The van der Waals surface area contributed by atoms with E-state index in [4.69, 9.17) is 15.1 Å². The van der Waals surface area contributed by atoms with E-state index >= 15 is 0 Å². The molecule has 0 radical (unpaired) electrons. The smallest absolute Gasteiger partial charge is 0.276 e. The number of anilines is 1. The number of aliphatic hydroxyl groups excluding tert-OH is 1. The number of nitrogens with two attached hydrogens (primary N) is 1. The standard InChI is InChI=1S/C18H17F3N4O4S/c1-25-9-14(30(23)28)17(29-5-4-12(26)7-15(20)21)16(25)18(27)24-11-2-3-13(19)10(6-11)8-22/h2-3,6-7,9,12,26H,4-5,23H2,1H3,(H,24,27). The van der Waals surface area contributed by atoms with Gasteiger partial charge in [0, 0.05) is 31.4 Å². The quantitative estimate of drug-likeness (QED) is 0.577. The number of carbonyl (C=O) groups is 1. The zero-order valence-electron chi connectivity index (χ0n) is 15.6. The highest BCUT2D eigenvalue weighted by atomic mass is 32.2. The molecule has 0 spiro atoms. The van der Waals surface area contributed by atoms with Crippen LogP contribution < -0.4 is 15.2 Å². The highest BCUT2D eigenvalue weighted by Gasteiger charge is 2.25. The summed E-state index contributed by atoms with van der Waals surface area (Å²) >= 11 is 0. The molecule has 1 aromatic heterocycles. The van der Waals surface area contributed by atoms with Crippen molar-refractivity contribution in [3.05, 3.63) is 53.6 Å². The van der Waals surface area contributed by atoms with Gasteiger partial charge in [0.25, 0.3) is 12.0 Å². The maximum Gasteiger partial charge on any atom is 0.276 e. The number of aryl methyl sites for hydroxylation is 1. The predicted molar refractivity (Wildman–Crippen MR) is 101 cm³/mol. The van der Waals surface area contributed by atoms with Crippen LogP contribution in [-0.4, -0.2) is 32.5 Å². The van der Waals surface area contributed by atoms with E-state index in [1.807, 2.05) is 0 Å². The minimum atomic E-state index is -2.05. The van der Waals surface area contributed by atoms with Crippen LogP contribution in [0.15, 0.2) is 41.4 Å². The van der Waals surface area contributed by atoms with Crippen molar-refractivity contribution in [2.45, 2.75) is 17.4 Å². The lowest BCUT2D eigenvalue weighted by Gasteiger charge is -2.12. The van der Waals surface area contributed by atoms with E-state index < -0.39 is 34.9 Å². The van der Waals surface area contributed by atoms with E-state index in [1.54, 1.807) is 6.07 Å². The van der Waals surface area contributed by atoms with Crippen molar-refractivity contribution in [2.24, 2.45) is 12.2 Å². The first kappa shape index (κ1) is 23.1. The van der Waals surface area contributed by atoms with Crippen LogP contribution in [0.5, 0.6) is 5.75 Å². The van der Waals surface area contributed by atoms with Gasteiger partial charge in [-0.2, -0.15) is 14.0 Å². The molecule has 0 fully saturated rings. The third-order valence-corrected chi connectivity index (χ3v) is 4.58. The number of carbonyl (C=O) groups excluding carboxylic acids is 1. The monoisotopic (exact) mass is 442 g/mol. The Bertz CT molecular complexity index is 1040. The van der Waals surface area contributed by atoms with Crippen LogP contribution in [0.2, 0.25) is 0 Å². The van der Waals surface area contributed by atoms with Gasteiger partial charge in [0.15, 0.2) is 11.4 Å². The first-order valence-electron chi connectivity index (χ1n) is 8.34. The number of amides is 1. The fourth-order valence-electron chi connectivity index (χ4n) is 2.51. The van der Waals surface area contributed by atoms with Gasteiger partial charge < -0.3 is 19.7 Å². The second kappa shape index (κ2) is 10.1. The summed E-state index contributed by atoms with van der Waals surface area (Å²) in [6.07, 6.45) is -2.13. The van der Waals surface area contributed by atoms with Crippen LogP contribution >= 0.6 is 0 Å². The zero-order valence-corrected chi connectivity index (χ0v) is 16.4. The Labute approximate surface area is 171 Å². The molecule has 1 heterocycles. The lowest BCUT2D eigenvalue weighted by atomic mass is 10.2. The van der Waals surface area contributed by atoms with Crippen LogP contribution in [0.1, 0.15) is 22.5 Å². The van der Waals surface area contributed by atoms with E-state index in [1.165, 1.54) is 23.9 Å². The molecule has 2 unspecified atom stereocenters. The Morgan fingerprint density at radius 1 is 1.50 bits per heavy atom. The molecule has 30 heavy (non-hydrogen) atoms. The molecule has 12 heteroatoms. The van der Waals surface area contributed by atoms with Gasteiger partial charge >= 0.3 is 0 Å². The molecule has 0 bridgehead atoms. The molecule has 4 N–H and O–H groups in total. The molecule has 2 rings (SSSR count). The van der Waals surface area contributed by atoms with Gasteiger partial charge in [-0.15, -0.1) is 0 Å².